The molecule has 0 unspecified atom stereocenters. The predicted molar refractivity (Wildman–Crippen MR) is 128 cm³/mol. The Morgan fingerprint density at radius 2 is 1.94 bits per heavy atom. The number of likely N-dealkylation sites (tertiary alicyclic amines) is 1. The van der Waals surface area contributed by atoms with Gasteiger partial charge in [-0.3, -0.25) is 4.68 Å². The van der Waals surface area contributed by atoms with Gasteiger partial charge >= 0.3 is 0 Å². The molecule has 31 heavy (non-hydrogen) atoms. The number of halogens is 1. The minimum absolute atomic E-state index is 0.700. The van der Waals surface area contributed by atoms with Crippen LogP contribution in [-0.2, 0) is 6.54 Å². The molecular weight excluding hydrogens is 408 g/mol. The molecule has 5 nitrogen and oxygen atoms in total. The van der Waals surface area contributed by atoms with E-state index in [9.17, 15) is 0 Å². The molecule has 0 radical (unpaired) electrons. The molecule has 0 spiro atoms. The molecule has 5 rings (SSSR count). The Morgan fingerprint density at radius 1 is 1.06 bits per heavy atom. The highest BCUT2D eigenvalue weighted by Crippen LogP contribution is 2.31. The molecule has 2 aromatic carbocycles. The Hall–Kier alpha value is -2.76. The standard InChI is InChI=1S/C25H27ClN4O/c1-31-22-5-6-23(24(26)17-22)19-8-12-29(13-9-19)21-4-7-25-20(16-21)18-27-30(25)15-14-28-10-2-3-11-28/h4-9,12,16-18H,2-3,10-11,13-15H2,1H3. The van der Waals surface area contributed by atoms with Crippen LogP contribution in [0.1, 0.15) is 18.4 Å². The lowest BCUT2D eigenvalue weighted by Crippen LogP contribution is -2.24. The van der Waals surface area contributed by atoms with E-state index in [1.165, 1.54) is 42.5 Å². The number of aromatic nitrogens is 2. The molecule has 0 amide bonds. The molecule has 3 aromatic rings. The second kappa shape index (κ2) is 8.77. The van der Waals surface area contributed by atoms with E-state index >= 15 is 0 Å². The third kappa shape index (κ3) is 4.21. The van der Waals surface area contributed by atoms with Gasteiger partial charge in [-0.2, -0.15) is 5.10 Å². The van der Waals surface area contributed by atoms with Crippen molar-refractivity contribution in [2.45, 2.75) is 19.4 Å². The number of ether oxygens (including phenoxy) is 1. The van der Waals surface area contributed by atoms with Gasteiger partial charge in [0.2, 0.25) is 0 Å². The topological polar surface area (TPSA) is 33.5 Å². The fourth-order valence-corrected chi connectivity index (χ4v) is 4.70. The largest absolute Gasteiger partial charge is 0.497 e. The van der Waals surface area contributed by atoms with Gasteiger partial charge in [-0.15, -0.1) is 0 Å². The summed E-state index contributed by atoms with van der Waals surface area (Å²) in [4.78, 5) is 4.77. The lowest BCUT2D eigenvalue weighted by molar-refractivity contribution is 0.318. The van der Waals surface area contributed by atoms with Crippen molar-refractivity contribution in [1.29, 1.82) is 0 Å². The van der Waals surface area contributed by atoms with Crippen LogP contribution in [0.4, 0.5) is 5.69 Å². The fourth-order valence-electron chi connectivity index (χ4n) is 4.42. The van der Waals surface area contributed by atoms with Crippen LogP contribution in [-0.4, -0.2) is 48.0 Å². The van der Waals surface area contributed by atoms with Crippen molar-refractivity contribution < 1.29 is 4.74 Å². The monoisotopic (exact) mass is 434 g/mol. The van der Waals surface area contributed by atoms with E-state index in [1.54, 1.807) is 7.11 Å². The summed E-state index contributed by atoms with van der Waals surface area (Å²) in [6.07, 6.45) is 11.1. The summed E-state index contributed by atoms with van der Waals surface area (Å²) in [5.74, 6) is 0.769. The SMILES string of the molecule is COc1ccc(C2=CCN(c3ccc4c(cnn4CCN4CCCC4)c3)C=C2)c(Cl)c1. The quantitative estimate of drug-likeness (QED) is 0.533. The number of fused-ring (bicyclic) bond motifs is 1. The first-order valence-electron chi connectivity index (χ1n) is 10.9. The molecule has 0 atom stereocenters. The third-order valence-corrected chi connectivity index (χ3v) is 6.53. The van der Waals surface area contributed by atoms with Crippen molar-refractivity contribution >= 4 is 33.8 Å². The highest BCUT2D eigenvalue weighted by atomic mass is 35.5. The van der Waals surface area contributed by atoms with Crippen LogP contribution in [0.3, 0.4) is 0 Å². The van der Waals surface area contributed by atoms with Gasteiger partial charge in [-0.1, -0.05) is 17.7 Å². The molecule has 0 saturated carbocycles. The molecule has 2 aliphatic rings. The van der Waals surface area contributed by atoms with E-state index in [2.05, 4.69) is 56.1 Å². The van der Waals surface area contributed by atoms with Crippen LogP contribution in [0.5, 0.6) is 5.75 Å². The number of hydrogen-bond donors (Lipinski definition) is 0. The highest BCUT2D eigenvalue weighted by molar-refractivity contribution is 6.32. The third-order valence-electron chi connectivity index (χ3n) is 6.21. The van der Waals surface area contributed by atoms with Crippen LogP contribution >= 0.6 is 11.6 Å². The fraction of sp³-hybridized carbons (Fsp3) is 0.320. The van der Waals surface area contributed by atoms with Crippen molar-refractivity contribution in [2.75, 3.05) is 38.2 Å². The normalized spacial score (nSPS) is 16.8. The number of hydrogen-bond acceptors (Lipinski definition) is 4. The maximum absolute atomic E-state index is 6.45. The van der Waals surface area contributed by atoms with Crippen LogP contribution in [0, 0.1) is 0 Å². The minimum Gasteiger partial charge on any atom is -0.497 e. The average Bonchev–Trinajstić information content (AvgIpc) is 3.47. The van der Waals surface area contributed by atoms with E-state index in [4.69, 9.17) is 16.3 Å². The number of methoxy groups -OCH3 is 1. The van der Waals surface area contributed by atoms with Crippen molar-refractivity contribution in [2.24, 2.45) is 0 Å². The average molecular weight is 435 g/mol. The summed E-state index contributed by atoms with van der Waals surface area (Å²) >= 11 is 6.45. The van der Waals surface area contributed by atoms with Gasteiger partial charge in [-0.05, 0) is 74.0 Å². The zero-order chi connectivity index (χ0) is 21.2. The molecule has 1 fully saturated rings. The van der Waals surface area contributed by atoms with Crippen molar-refractivity contribution in [3.05, 3.63) is 71.5 Å². The van der Waals surface area contributed by atoms with Crippen LogP contribution in [0.2, 0.25) is 5.02 Å². The molecule has 0 bridgehead atoms. The molecule has 1 aromatic heterocycles. The van der Waals surface area contributed by atoms with E-state index in [0.29, 0.717) is 5.02 Å². The number of rotatable bonds is 6. The van der Waals surface area contributed by atoms with Crippen molar-refractivity contribution in [1.82, 2.24) is 14.7 Å². The Balaban J connectivity index is 1.29. The maximum atomic E-state index is 6.45. The molecule has 160 valence electrons. The second-order valence-electron chi connectivity index (χ2n) is 8.13. The van der Waals surface area contributed by atoms with Gasteiger partial charge in [0.05, 0.1) is 30.4 Å². The Bertz CT molecular complexity index is 1140. The summed E-state index contributed by atoms with van der Waals surface area (Å²) in [5, 5.41) is 6.52. The van der Waals surface area contributed by atoms with Crippen LogP contribution in [0.15, 0.2) is 60.9 Å². The lowest BCUT2D eigenvalue weighted by atomic mass is 10.0. The first kappa shape index (κ1) is 20.2. The molecule has 0 aliphatic carbocycles. The molecule has 6 heteroatoms. The van der Waals surface area contributed by atoms with E-state index in [0.717, 1.165) is 36.5 Å². The summed E-state index contributed by atoms with van der Waals surface area (Å²) in [7, 11) is 1.65. The first-order chi connectivity index (χ1) is 15.2. The number of benzene rings is 2. The zero-order valence-corrected chi connectivity index (χ0v) is 18.6. The van der Waals surface area contributed by atoms with Gasteiger partial charge in [0.1, 0.15) is 5.75 Å². The Kier molecular flexibility index (Phi) is 5.70. The smallest absolute Gasteiger partial charge is 0.120 e. The van der Waals surface area contributed by atoms with Crippen LogP contribution in [0.25, 0.3) is 16.5 Å². The van der Waals surface area contributed by atoms with Gasteiger partial charge in [0, 0.05) is 35.9 Å². The summed E-state index contributed by atoms with van der Waals surface area (Å²) in [6.45, 7) is 5.27. The summed E-state index contributed by atoms with van der Waals surface area (Å²) in [5.41, 5.74) is 4.51. The highest BCUT2D eigenvalue weighted by Gasteiger charge is 2.14. The van der Waals surface area contributed by atoms with Gasteiger partial charge in [-0.25, -0.2) is 0 Å². The molecule has 2 aliphatic heterocycles. The van der Waals surface area contributed by atoms with Crippen molar-refractivity contribution in [3.63, 3.8) is 0 Å². The lowest BCUT2D eigenvalue weighted by Gasteiger charge is -2.23. The molecule has 3 heterocycles. The molecule has 0 N–H and O–H groups in total. The van der Waals surface area contributed by atoms with E-state index in [1.807, 2.05) is 24.4 Å². The van der Waals surface area contributed by atoms with Crippen molar-refractivity contribution in [3.8, 4) is 5.75 Å². The summed E-state index contributed by atoms with van der Waals surface area (Å²) in [6, 6.07) is 12.4. The number of nitrogens with zero attached hydrogens (tertiary/aromatic N) is 4. The van der Waals surface area contributed by atoms with Gasteiger partial charge in [0.15, 0.2) is 0 Å². The Morgan fingerprint density at radius 3 is 2.68 bits per heavy atom. The van der Waals surface area contributed by atoms with E-state index in [-0.39, 0.29) is 0 Å². The molecule has 1 saturated heterocycles. The van der Waals surface area contributed by atoms with Crippen LogP contribution < -0.4 is 9.64 Å². The van der Waals surface area contributed by atoms with Gasteiger partial charge in [0.25, 0.3) is 0 Å². The number of anilines is 1. The second-order valence-corrected chi connectivity index (χ2v) is 8.54. The maximum Gasteiger partial charge on any atom is 0.120 e. The van der Waals surface area contributed by atoms with Gasteiger partial charge < -0.3 is 14.5 Å². The first-order valence-corrected chi connectivity index (χ1v) is 11.3. The minimum atomic E-state index is 0.700. The number of allylic oxidation sites excluding steroid dienone is 2. The van der Waals surface area contributed by atoms with E-state index < -0.39 is 0 Å². The zero-order valence-electron chi connectivity index (χ0n) is 17.8. The Labute approximate surface area is 188 Å². The molecular formula is C25H27ClN4O. The summed E-state index contributed by atoms with van der Waals surface area (Å²) < 4.78 is 7.38. The predicted octanol–water partition coefficient (Wildman–Crippen LogP) is 5.21.